The maximum Gasteiger partial charge on any atom is 0.0363 e. The monoisotopic (exact) mass is 187 g/mol. The summed E-state index contributed by atoms with van der Waals surface area (Å²) in [5, 5.41) is 0. The third-order valence-electron chi connectivity index (χ3n) is 3.38. The van der Waals surface area contributed by atoms with E-state index in [4.69, 9.17) is 5.84 Å². The highest BCUT2D eigenvalue weighted by atomic mass is 15.3. The van der Waals surface area contributed by atoms with Crippen LogP contribution in [-0.2, 0) is 0 Å². The summed E-state index contributed by atoms with van der Waals surface area (Å²) < 4.78 is 0. The molecule has 0 aromatic rings. The van der Waals surface area contributed by atoms with Crippen LogP contribution in [0.2, 0.25) is 0 Å². The number of hydrogen-bond donors (Lipinski definition) is 2. The third-order valence-corrected chi connectivity index (χ3v) is 3.38. The molecule has 0 bridgehead atoms. The fourth-order valence-electron chi connectivity index (χ4n) is 1.93. The fraction of sp³-hybridized carbons (Fsp3) is 1.00. The zero-order chi connectivity index (χ0) is 10.5. The molecule has 0 saturated heterocycles. The normalized spacial score (nSPS) is 18.7. The Morgan fingerprint density at radius 1 is 1.31 bits per heavy atom. The maximum atomic E-state index is 5.50. The number of hydrogen-bond acceptors (Lipinski definition) is 3. The molecular formula is C10H25N3. The number of likely N-dealkylation sites (N-methyl/N-ethyl adjacent to an activating group) is 1. The van der Waals surface area contributed by atoms with Gasteiger partial charge in [-0.1, -0.05) is 20.8 Å². The molecule has 0 aliphatic rings. The van der Waals surface area contributed by atoms with Crippen molar-refractivity contribution < 1.29 is 0 Å². The van der Waals surface area contributed by atoms with Crippen LogP contribution >= 0.6 is 0 Å². The first-order chi connectivity index (χ1) is 6.06. The Balaban J connectivity index is 4.57. The molecule has 0 rings (SSSR count). The summed E-state index contributed by atoms with van der Waals surface area (Å²) in [7, 11) is 0. The quantitative estimate of drug-likeness (QED) is 0.487. The topological polar surface area (TPSA) is 41.3 Å². The van der Waals surface area contributed by atoms with Gasteiger partial charge < -0.3 is 0 Å². The van der Waals surface area contributed by atoms with Gasteiger partial charge in [0, 0.05) is 11.6 Å². The molecule has 3 nitrogen and oxygen atoms in total. The molecule has 0 amide bonds. The van der Waals surface area contributed by atoms with E-state index in [9.17, 15) is 0 Å². The van der Waals surface area contributed by atoms with Crippen LogP contribution in [0.3, 0.4) is 0 Å². The molecular weight excluding hydrogens is 162 g/mol. The molecule has 2 atom stereocenters. The number of nitrogens with two attached hydrogens (primary N) is 1. The van der Waals surface area contributed by atoms with E-state index in [0.29, 0.717) is 6.04 Å². The van der Waals surface area contributed by atoms with Crippen LogP contribution in [0.1, 0.15) is 41.0 Å². The highest BCUT2D eigenvalue weighted by Gasteiger charge is 2.33. The SMILES string of the molecule is CCN(CC)C(C)(CC)C(C)NN. The van der Waals surface area contributed by atoms with Gasteiger partial charge in [0.05, 0.1) is 0 Å². The second-order valence-corrected chi connectivity index (χ2v) is 3.77. The van der Waals surface area contributed by atoms with Gasteiger partial charge in [-0.25, -0.2) is 0 Å². The van der Waals surface area contributed by atoms with Crippen LogP contribution in [0, 0.1) is 0 Å². The average Bonchev–Trinajstić information content (AvgIpc) is 2.17. The van der Waals surface area contributed by atoms with E-state index >= 15 is 0 Å². The van der Waals surface area contributed by atoms with E-state index < -0.39 is 0 Å². The lowest BCUT2D eigenvalue weighted by Gasteiger charge is -2.44. The molecule has 0 aromatic carbocycles. The molecule has 0 aromatic heterocycles. The van der Waals surface area contributed by atoms with Crippen molar-refractivity contribution in [1.29, 1.82) is 0 Å². The van der Waals surface area contributed by atoms with Gasteiger partial charge in [0.1, 0.15) is 0 Å². The average molecular weight is 187 g/mol. The summed E-state index contributed by atoms with van der Waals surface area (Å²) in [6.45, 7) is 13.2. The predicted octanol–water partition coefficient (Wildman–Crippen LogP) is 1.35. The molecule has 2 unspecified atom stereocenters. The fourth-order valence-corrected chi connectivity index (χ4v) is 1.93. The summed E-state index contributed by atoms with van der Waals surface area (Å²) in [6.07, 6.45) is 1.11. The number of hydrazine groups is 1. The van der Waals surface area contributed by atoms with E-state index in [1.807, 2.05) is 0 Å². The lowest BCUT2D eigenvalue weighted by Crippen LogP contribution is -2.59. The van der Waals surface area contributed by atoms with Crippen LogP contribution in [0.15, 0.2) is 0 Å². The standard InChI is InChI=1S/C10H25N3/c1-6-10(5,9(4)12-11)13(7-2)8-3/h9,12H,6-8,11H2,1-5H3. The van der Waals surface area contributed by atoms with Crippen LogP contribution < -0.4 is 11.3 Å². The minimum Gasteiger partial charge on any atom is -0.297 e. The van der Waals surface area contributed by atoms with Crippen LogP contribution in [0.25, 0.3) is 0 Å². The summed E-state index contributed by atoms with van der Waals surface area (Å²) in [6, 6.07) is 0.317. The van der Waals surface area contributed by atoms with Crippen LogP contribution in [0.4, 0.5) is 0 Å². The zero-order valence-electron chi connectivity index (χ0n) is 9.72. The van der Waals surface area contributed by atoms with E-state index in [1.54, 1.807) is 0 Å². The van der Waals surface area contributed by atoms with Gasteiger partial charge >= 0.3 is 0 Å². The maximum absolute atomic E-state index is 5.50. The summed E-state index contributed by atoms with van der Waals surface area (Å²) in [4.78, 5) is 2.46. The Morgan fingerprint density at radius 3 is 2.00 bits per heavy atom. The van der Waals surface area contributed by atoms with Crippen LogP contribution in [0.5, 0.6) is 0 Å². The van der Waals surface area contributed by atoms with Crippen molar-refractivity contribution in [1.82, 2.24) is 10.3 Å². The summed E-state index contributed by atoms with van der Waals surface area (Å²) >= 11 is 0. The minimum atomic E-state index is 0.165. The van der Waals surface area contributed by atoms with Gasteiger partial charge in [0.25, 0.3) is 0 Å². The van der Waals surface area contributed by atoms with Crippen molar-refractivity contribution in [3.05, 3.63) is 0 Å². The first-order valence-corrected chi connectivity index (χ1v) is 5.27. The molecule has 0 aliphatic carbocycles. The Hall–Kier alpha value is -0.120. The van der Waals surface area contributed by atoms with E-state index in [1.165, 1.54) is 0 Å². The Labute approximate surface area is 82.6 Å². The molecule has 0 aliphatic heterocycles. The molecule has 3 heteroatoms. The molecule has 0 radical (unpaired) electrons. The molecule has 0 spiro atoms. The first kappa shape index (κ1) is 12.9. The molecule has 0 saturated carbocycles. The second kappa shape index (κ2) is 5.58. The Morgan fingerprint density at radius 2 is 1.77 bits per heavy atom. The molecule has 13 heavy (non-hydrogen) atoms. The Kier molecular flexibility index (Phi) is 5.53. The van der Waals surface area contributed by atoms with E-state index in [0.717, 1.165) is 19.5 Å². The second-order valence-electron chi connectivity index (χ2n) is 3.77. The lowest BCUT2D eigenvalue weighted by atomic mass is 9.88. The smallest absolute Gasteiger partial charge is 0.0363 e. The van der Waals surface area contributed by atoms with Crippen molar-refractivity contribution in [2.75, 3.05) is 13.1 Å². The van der Waals surface area contributed by atoms with Crippen molar-refractivity contribution in [2.45, 2.75) is 52.6 Å². The van der Waals surface area contributed by atoms with Crippen molar-refractivity contribution >= 4 is 0 Å². The highest BCUT2D eigenvalue weighted by molar-refractivity contribution is 4.92. The largest absolute Gasteiger partial charge is 0.297 e. The van der Waals surface area contributed by atoms with Gasteiger partial charge in [0.15, 0.2) is 0 Å². The lowest BCUT2D eigenvalue weighted by molar-refractivity contribution is 0.0768. The van der Waals surface area contributed by atoms with Gasteiger partial charge in [-0.05, 0) is 33.4 Å². The predicted molar refractivity (Wildman–Crippen MR) is 58.4 cm³/mol. The molecule has 0 heterocycles. The van der Waals surface area contributed by atoms with Gasteiger partial charge in [-0.3, -0.25) is 16.2 Å². The van der Waals surface area contributed by atoms with Gasteiger partial charge in [-0.15, -0.1) is 0 Å². The highest BCUT2D eigenvalue weighted by Crippen LogP contribution is 2.22. The van der Waals surface area contributed by atoms with Gasteiger partial charge in [0.2, 0.25) is 0 Å². The molecule has 80 valence electrons. The van der Waals surface area contributed by atoms with E-state index in [2.05, 4.69) is 44.9 Å². The number of nitrogens with one attached hydrogen (secondary N) is 1. The minimum absolute atomic E-state index is 0.165. The van der Waals surface area contributed by atoms with Gasteiger partial charge in [-0.2, -0.15) is 0 Å². The number of rotatable bonds is 6. The number of nitrogens with zero attached hydrogens (tertiary/aromatic N) is 1. The zero-order valence-corrected chi connectivity index (χ0v) is 9.72. The van der Waals surface area contributed by atoms with Crippen molar-refractivity contribution in [2.24, 2.45) is 5.84 Å². The Bertz CT molecular complexity index is 134. The van der Waals surface area contributed by atoms with E-state index in [-0.39, 0.29) is 5.54 Å². The van der Waals surface area contributed by atoms with Crippen LogP contribution in [-0.4, -0.2) is 29.6 Å². The first-order valence-electron chi connectivity index (χ1n) is 5.27. The summed E-state index contributed by atoms with van der Waals surface area (Å²) in [5.74, 6) is 5.50. The third kappa shape index (κ3) is 2.66. The van der Waals surface area contributed by atoms with Crippen molar-refractivity contribution in [3.63, 3.8) is 0 Å². The van der Waals surface area contributed by atoms with Crippen molar-refractivity contribution in [3.8, 4) is 0 Å². The molecule has 3 N–H and O–H groups in total. The summed E-state index contributed by atoms with van der Waals surface area (Å²) in [5.41, 5.74) is 3.03. The molecule has 0 fully saturated rings.